The van der Waals surface area contributed by atoms with Gasteiger partial charge in [0.2, 0.25) is 5.91 Å². The van der Waals surface area contributed by atoms with Gasteiger partial charge in [-0.15, -0.1) is 0 Å². The van der Waals surface area contributed by atoms with Crippen LogP contribution < -0.4 is 10.9 Å². The van der Waals surface area contributed by atoms with Gasteiger partial charge in [-0.25, -0.2) is 4.98 Å². The number of likely N-dealkylation sites (tertiary alicyclic amines) is 1. The Labute approximate surface area is 161 Å². The molecule has 0 spiro atoms. The number of halogens is 1. The minimum absolute atomic E-state index is 0.0314. The van der Waals surface area contributed by atoms with Gasteiger partial charge in [0.15, 0.2) is 5.15 Å². The van der Waals surface area contributed by atoms with Crippen molar-refractivity contribution in [1.82, 2.24) is 25.1 Å². The Balaban J connectivity index is 1.53. The number of imidazole rings is 1. The van der Waals surface area contributed by atoms with Gasteiger partial charge >= 0.3 is 0 Å². The largest absolute Gasteiger partial charge is 0.333 e. The molecule has 3 amide bonds. The minimum atomic E-state index is -0.521. The first-order chi connectivity index (χ1) is 13.0. The third-order valence-corrected chi connectivity index (χ3v) is 4.52. The zero-order valence-electron chi connectivity index (χ0n) is 14.7. The van der Waals surface area contributed by atoms with Crippen molar-refractivity contribution in [3.63, 3.8) is 0 Å². The number of hydrogen-bond donors (Lipinski definition) is 2. The molecule has 0 aliphatic carbocycles. The molecule has 1 saturated heterocycles. The molecule has 0 aromatic carbocycles. The number of fused-ring (bicyclic) bond motifs is 1. The van der Waals surface area contributed by atoms with Crippen molar-refractivity contribution in [2.75, 3.05) is 13.1 Å². The summed E-state index contributed by atoms with van der Waals surface area (Å²) in [6.07, 6.45) is 7.73. The molecular formula is C18H20ClN5O3. The summed E-state index contributed by atoms with van der Waals surface area (Å²) in [4.78, 5) is 41.5. The Morgan fingerprint density at radius 2 is 2.07 bits per heavy atom. The van der Waals surface area contributed by atoms with Crippen LogP contribution in [0.4, 0.5) is 0 Å². The third-order valence-electron chi connectivity index (χ3n) is 4.25. The summed E-state index contributed by atoms with van der Waals surface area (Å²) in [5.41, 5.74) is 5.83. The second-order valence-electron chi connectivity index (χ2n) is 6.21. The lowest BCUT2D eigenvalue weighted by Crippen LogP contribution is -2.47. The quantitative estimate of drug-likeness (QED) is 0.612. The van der Waals surface area contributed by atoms with Crippen LogP contribution in [0.15, 0.2) is 30.5 Å². The van der Waals surface area contributed by atoms with Gasteiger partial charge in [0.05, 0.1) is 5.69 Å². The van der Waals surface area contributed by atoms with Crippen LogP contribution in [0.25, 0.3) is 11.7 Å². The van der Waals surface area contributed by atoms with Crippen LogP contribution >= 0.6 is 11.6 Å². The van der Waals surface area contributed by atoms with Crippen LogP contribution in [0.5, 0.6) is 0 Å². The fraction of sp³-hybridized carbons (Fsp3) is 0.333. The molecule has 27 heavy (non-hydrogen) atoms. The Bertz CT molecular complexity index is 892. The molecule has 0 radical (unpaired) electrons. The number of rotatable bonds is 4. The number of amides is 3. The van der Waals surface area contributed by atoms with E-state index in [0.717, 1.165) is 19.3 Å². The highest BCUT2D eigenvalue weighted by molar-refractivity contribution is 6.31. The van der Waals surface area contributed by atoms with E-state index < -0.39 is 11.8 Å². The molecule has 0 atom stereocenters. The number of aromatic nitrogens is 2. The fourth-order valence-electron chi connectivity index (χ4n) is 2.88. The van der Waals surface area contributed by atoms with Crippen molar-refractivity contribution in [2.24, 2.45) is 0 Å². The molecule has 9 heteroatoms. The summed E-state index contributed by atoms with van der Waals surface area (Å²) in [6, 6.07) is 5.46. The number of hydrazine groups is 1. The summed E-state index contributed by atoms with van der Waals surface area (Å²) >= 11 is 6.09. The lowest BCUT2D eigenvalue weighted by atomic mass is 10.2. The van der Waals surface area contributed by atoms with Crippen LogP contribution in [0.1, 0.15) is 31.4 Å². The standard InChI is InChI=1S/C18H20ClN5O3/c19-18-13(24-11-5-3-6-14(24)20-18)8-9-15(25)21-22-16(26)12-23-10-4-1-2-7-17(23)27/h3,5-6,8-9,11H,1-2,4,7,10,12H2,(H,21,25)(H,22,26)/b9-8+. The van der Waals surface area contributed by atoms with Gasteiger partial charge < -0.3 is 4.90 Å². The first-order valence-electron chi connectivity index (χ1n) is 8.72. The Morgan fingerprint density at radius 1 is 1.22 bits per heavy atom. The predicted octanol–water partition coefficient (Wildman–Crippen LogP) is 1.55. The number of hydrogen-bond acceptors (Lipinski definition) is 4. The fourth-order valence-corrected chi connectivity index (χ4v) is 3.12. The van der Waals surface area contributed by atoms with Crippen LogP contribution in [-0.4, -0.2) is 45.1 Å². The van der Waals surface area contributed by atoms with Crippen LogP contribution in [0, 0.1) is 0 Å². The van der Waals surface area contributed by atoms with E-state index in [4.69, 9.17) is 11.6 Å². The average Bonchev–Trinajstić information content (AvgIpc) is 2.84. The lowest BCUT2D eigenvalue weighted by Gasteiger charge is -2.19. The van der Waals surface area contributed by atoms with E-state index in [1.807, 2.05) is 12.1 Å². The van der Waals surface area contributed by atoms with Crippen molar-refractivity contribution >= 4 is 41.0 Å². The highest BCUT2D eigenvalue weighted by Gasteiger charge is 2.19. The molecule has 0 unspecified atom stereocenters. The van der Waals surface area contributed by atoms with Gasteiger partial charge in [-0.3, -0.25) is 29.6 Å². The van der Waals surface area contributed by atoms with Gasteiger partial charge in [-0.1, -0.05) is 24.1 Å². The molecule has 1 aliphatic heterocycles. The summed E-state index contributed by atoms with van der Waals surface area (Å²) in [5.74, 6) is -0.997. The van der Waals surface area contributed by atoms with Gasteiger partial charge in [-0.2, -0.15) is 0 Å². The monoisotopic (exact) mass is 389 g/mol. The molecule has 1 aliphatic rings. The minimum Gasteiger partial charge on any atom is -0.333 e. The number of carbonyl (C=O) groups is 3. The van der Waals surface area contributed by atoms with E-state index in [0.29, 0.717) is 24.3 Å². The number of nitrogens with zero attached hydrogens (tertiary/aromatic N) is 3. The maximum Gasteiger partial charge on any atom is 0.262 e. The zero-order chi connectivity index (χ0) is 19.2. The van der Waals surface area contributed by atoms with E-state index in [1.54, 1.807) is 16.7 Å². The molecular weight excluding hydrogens is 370 g/mol. The Hall–Kier alpha value is -2.87. The van der Waals surface area contributed by atoms with Crippen molar-refractivity contribution < 1.29 is 14.4 Å². The Morgan fingerprint density at radius 3 is 2.93 bits per heavy atom. The number of nitrogens with one attached hydrogen (secondary N) is 2. The molecule has 2 aromatic rings. The first kappa shape index (κ1) is 18.9. The smallest absolute Gasteiger partial charge is 0.262 e. The van der Waals surface area contributed by atoms with Crippen LogP contribution in [0.3, 0.4) is 0 Å². The summed E-state index contributed by atoms with van der Waals surface area (Å²) < 4.78 is 1.75. The molecule has 3 heterocycles. The zero-order valence-corrected chi connectivity index (χ0v) is 15.4. The van der Waals surface area contributed by atoms with Crippen molar-refractivity contribution in [3.8, 4) is 0 Å². The SMILES string of the molecule is O=C(/C=C/c1c(Cl)nc2ccccn12)NNC(=O)CN1CCCCCC1=O. The number of carbonyl (C=O) groups excluding carboxylic acids is 3. The third kappa shape index (κ3) is 4.85. The Kier molecular flexibility index (Phi) is 6.08. The summed E-state index contributed by atoms with van der Waals surface area (Å²) in [6.45, 7) is 0.495. The van der Waals surface area contributed by atoms with Crippen molar-refractivity contribution in [2.45, 2.75) is 25.7 Å². The van der Waals surface area contributed by atoms with Gasteiger partial charge in [-0.05, 0) is 31.1 Å². The maximum atomic E-state index is 12.0. The number of pyridine rings is 1. The van der Waals surface area contributed by atoms with E-state index in [9.17, 15) is 14.4 Å². The summed E-state index contributed by atoms with van der Waals surface area (Å²) in [5, 5.41) is 0.272. The van der Waals surface area contributed by atoms with Crippen LogP contribution in [-0.2, 0) is 14.4 Å². The van der Waals surface area contributed by atoms with Gasteiger partial charge in [0.1, 0.15) is 12.2 Å². The molecule has 2 N–H and O–H groups in total. The molecule has 142 valence electrons. The second kappa shape index (κ2) is 8.68. The molecule has 2 aromatic heterocycles. The predicted molar refractivity (Wildman–Crippen MR) is 101 cm³/mol. The molecule has 8 nitrogen and oxygen atoms in total. The normalized spacial score (nSPS) is 15.1. The highest BCUT2D eigenvalue weighted by atomic mass is 35.5. The van der Waals surface area contributed by atoms with Crippen LogP contribution in [0.2, 0.25) is 5.15 Å². The molecule has 1 fully saturated rings. The first-order valence-corrected chi connectivity index (χ1v) is 9.09. The maximum absolute atomic E-state index is 12.0. The molecule has 3 rings (SSSR count). The summed E-state index contributed by atoms with van der Waals surface area (Å²) in [7, 11) is 0. The van der Waals surface area contributed by atoms with Gasteiger partial charge in [0.25, 0.3) is 11.8 Å². The lowest BCUT2D eigenvalue weighted by molar-refractivity contribution is -0.136. The van der Waals surface area contributed by atoms with E-state index in [2.05, 4.69) is 15.8 Å². The second-order valence-corrected chi connectivity index (χ2v) is 6.57. The highest BCUT2D eigenvalue weighted by Crippen LogP contribution is 2.18. The van der Waals surface area contributed by atoms with Crippen molar-refractivity contribution in [3.05, 3.63) is 41.3 Å². The van der Waals surface area contributed by atoms with E-state index >= 15 is 0 Å². The topological polar surface area (TPSA) is 95.8 Å². The van der Waals surface area contributed by atoms with E-state index in [1.165, 1.54) is 17.1 Å². The van der Waals surface area contributed by atoms with Crippen molar-refractivity contribution in [1.29, 1.82) is 0 Å². The molecule has 0 saturated carbocycles. The average molecular weight is 390 g/mol. The van der Waals surface area contributed by atoms with Gasteiger partial charge in [0, 0.05) is 25.2 Å². The molecule has 0 bridgehead atoms. The van der Waals surface area contributed by atoms with E-state index in [-0.39, 0.29) is 17.6 Å².